The predicted molar refractivity (Wildman–Crippen MR) is 89.9 cm³/mol. The van der Waals surface area contributed by atoms with E-state index in [4.69, 9.17) is 5.11 Å². The first kappa shape index (κ1) is 19.7. The third-order valence-corrected chi connectivity index (χ3v) is 3.18. The Labute approximate surface area is 129 Å². The number of carboxylic acids is 1. The van der Waals surface area contributed by atoms with Crippen molar-refractivity contribution in [1.82, 2.24) is 5.32 Å². The third-order valence-electron chi connectivity index (χ3n) is 3.18. The van der Waals surface area contributed by atoms with Gasteiger partial charge in [0.2, 0.25) is 0 Å². The zero-order chi connectivity index (χ0) is 15.8. The van der Waals surface area contributed by atoms with Crippen LogP contribution in [0.3, 0.4) is 0 Å². The maximum Gasteiger partial charge on any atom is 0.335 e. The molecule has 21 heavy (non-hydrogen) atoms. The molecule has 0 amide bonds. The second-order valence-corrected chi connectivity index (χ2v) is 5.19. The van der Waals surface area contributed by atoms with Crippen LogP contribution in [0, 0.1) is 0 Å². The Morgan fingerprint density at radius 1 is 1.00 bits per heavy atom. The van der Waals surface area contributed by atoms with Crippen LogP contribution < -0.4 is 5.32 Å². The first-order valence-corrected chi connectivity index (χ1v) is 8.21. The minimum atomic E-state index is -0.879. The Morgan fingerprint density at radius 2 is 1.52 bits per heavy atom. The minimum Gasteiger partial charge on any atom is -0.478 e. The smallest absolute Gasteiger partial charge is 0.335 e. The maximum absolute atomic E-state index is 10.2. The summed E-state index contributed by atoms with van der Waals surface area (Å²) in [4.78, 5) is 10.2. The Bertz CT molecular complexity index is 319. The van der Waals surface area contributed by atoms with Crippen molar-refractivity contribution in [2.45, 2.75) is 58.8 Å². The van der Waals surface area contributed by atoms with Crippen LogP contribution in [0.2, 0.25) is 0 Å². The number of rotatable bonds is 4. The van der Waals surface area contributed by atoms with Crippen LogP contribution in [-0.2, 0) is 0 Å². The normalized spacial score (nSPS) is 13.2. The van der Waals surface area contributed by atoms with Crippen LogP contribution in [0.15, 0.2) is 30.3 Å². The number of carbonyl (C=O) groups is 1. The number of piperidine rings is 1. The molecular weight excluding hydrogens is 262 g/mol. The highest BCUT2D eigenvalue weighted by Gasteiger charge is 1.96. The van der Waals surface area contributed by atoms with Crippen molar-refractivity contribution in [3.8, 4) is 0 Å². The van der Waals surface area contributed by atoms with Gasteiger partial charge >= 0.3 is 5.97 Å². The molecule has 2 N–H and O–H groups in total. The lowest BCUT2D eigenvalue weighted by atomic mass is 10.2. The summed E-state index contributed by atoms with van der Waals surface area (Å²) in [6, 6.07) is 8.30. The van der Waals surface area contributed by atoms with Gasteiger partial charge < -0.3 is 10.4 Å². The van der Waals surface area contributed by atoms with Gasteiger partial charge in [-0.2, -0.15) is 0 Å². The van der Waals surface area contributed by atoms with Crippen molar-refractivity contribution < 1.29 is 9.90 Å². The third kappa shape index (κ3) is 13.4. The van der Waals surface area contributed by atoms with Crippen LogP contribution in [0.4, 0.5) is 0 Å². The van der Waals surface area contributed by atoms with E-state index in [2.05, 4.69) is 19.2 Å². The van der Waals surface area contributed by atoms with Crippen molar-refractivity contribution in [2.75, 3.05) is 13.1 Å². The van der Waals surface area contributed by atoms with E-state index in [1.165, 1.54) is 58.0 Å². The molecule has 0 bridgehead atoms. The number of carboxylic acid groups (broad SMARTS) is 1. The lowest BCUT2D eigenvalue weighted by Crippen LogP contribution is -2.21. The minimum absolute atomic E-state index is 0.331. The zero-order valence-electron chi connectivity index (χ0n) is 13.6. The molecule has 0 radical (unpaired) electrons. The van der Waals surface area contributed by atoms with Crippen LogP contribution in [-0.4, -0.2) is 24.2 Å². The Kier molecular flexibility index (Phi) is 14.1. The number of hydrogen-bond acceptors (Lipinski definition) is 2. The Morgan fingerprint density at radius 3 is 1.76 bits per heavy atom. The summed E-state index contributed by atoms with van der Waals surface area (Å²) >= 11 is 0. The highest BCUT2D eigenvalue weighted by molar-refractivity contribution is 5.87. The molecule has 1 aromatic carbocycles. The molecule has 3 nitrogen and oxygen atoms in total. The molecule has 1 aliphatic heterocycles. The summed E-state index contributed by atoms with van der Waals surface area (Å²) in [5, 5.41) is 11.7. The standard InChI is InChI=1S/C7H6O2.C6H14.C5H11N/c8-7(9)6-4-2-1-3-5-6;1-3-5-6-4-2;1-2-4-6-5-3-1/h1-5H,(H,8,9);3-6H2,1-2H3;6H,1-5H2. The van der Waals surface area contributed by atoms with Gasteiger partial charge in [-0.25, -0.2) is 4.79 Å². The number of nitrogens with one attached hydrogen (secondary N) is 1. The first-order chi connectivity index (χ1) is 10.2. The maximum atomic E-state index is 10.2. The molecular formula is C18H31NO2. The van der Waals surface area contributed by atoms with Crippen LogP contribution in [0.1, 0.15) is 69.2 Å². The lowest BCUT2D eigenvalue weighted by Gasteiger charge is -2.08. The molecule has 0 spiro atoms. The number of benzene rings is 1. The fourth-order valence-corrected chi connectivity index (χ4v) is 1.88. The Hall–Kier alpha value is -1.35. The SMILES string of the molecule is C1CCNCC1.CCCCCC.O=C(O)c1ccccc1. The summed E-state index contributed by atoms with van der Waals surface area (Å²) in [5.74, 6) is -0.879. The van der Waals surface area contributed by atoms with Crippen LogP contribution in [0.25, 0.3) is 0 Å². The second-order valence-electron chi connectivity index (χ2n) is 5.19. The van der Waals surface area contributed by atoms with Crippen molar-refractivity contribution in [3.05, 3.63) is 35.9 Å². The summed E-state index contributed by atoms with van der Waals surface area (Å²) in [6.07, 6.45) is 9.75. The summed E-state index contributed by atoms with van der Waals surface area (Å²) in [5.41, 5.74) is 0.331. The summed E-state index contributed by atoms with van der Waals surface area (Å²) in [6.45, 7) is 6.96. The zero-order valence-corrected chi connectivity index (χ0v) is 13.6. The van der Waals surface area contributed by atoms with Gasteiger partial charge in [0, 0.05) is 0 Å². The quantitative estimate of drug-likeness (QED) is 0.789. The van der Waals surface area contributed by atoms with Crippen molar-refractivity contribution >= 4 is 5.97 Å². The molecule has 1 aliphatic rings. The molecule has 0 unspecified atom stereocenters. The van der Waals surface area contributed by atoms with E-state index in [0.717, 1.165) is 0 Å². The summed E-state index contributed by atoms with van der Waals surface area (Å²) in [7, 11) is 0. The van der Waals surface area contributed by atoms with Gasteiger partial charge in [-0.05, 0) is 38.1 Å². The fourth-order valence-electron chi connectivity index (χ4n) is 1.88. The van der Waals surface area contributed by atoms with E-state index >= 15 is 0 Å². The van der Waals surface area contributed by atoms with E-state index in [0.29, 0.717) is 5.56 Å². The number of hydrogen-bond donors (Lipinski definition) is 2. The number of unbranched alkanes of at least 4 members (excludes halogenated alkanes) is 3. The van der Waals surface area contributed by atoms with Gasteiger partial charge in [0.15, 0.2) is 0 Å². The van der Waals surface area contributed by atoms with Gasteiger partial charge in [-0.15, -0.1) is 0 Å². The monoisotopic (exact) mass is 293 g/mol. The van der Waals surface area contributed by atoms with E-state index in [9.17, 15) is 4.79 Å². The fraction of sp³-hybridized carbons (Fsp3) is 0.611. The van der Waals surface area contributed by atoms with Crippen molar-refractivity contribution in [3.63, 3.8) is 0 Å². The molecule has 1 aromatic rings. The van der Waals surface area contributed by atoms with E-state index in [1.807, 2.05) is 0 Å². The first-order valence-electron chi connectivity index (χ1n) is 8.21. The lowest BCUT2D eigenvalue weighted by molar-refractivity contribution is 0.0697. The van der Waals surface area contributed by atoms with Gasteiger partial charge in [0.1, 0.15) is 0 Å². The van der Waals surface area contributed by atoms with Gasteiger partial charge in [-0.3, -0.25) is 0 Å². The van der Waals surface area contributed by atoms with E-state index < -0.39 is 5.97 Å². The largest absolute Gasteiger partial charge is 0.478 e. The van der Waals surface area contributed by atoms with Crippen LogP contribution >= 0.6 is 0 Å². The Balaban J connectivity index is 0.000000297. The highest BCUT2D eigenvalue weighted by Crippen LogP contribution is 1.97. The van der Waals surface area contributed by atoms with Crippen molar-refractivity contribution in [1.29, 1.82) is 0 Å². The van der Waals surface area contributed by atoms with Gasteiger partial charge in [0.25, 0.3) is 0 Å². The van der Waals surface area contributed by atoms with Crippen LogP contribution in [0.5, 0.6) is 0 Å². The van der Waals surface area contributed by atoms with Gasteiger partial charge in [0.05, 0.1) is 5.56 Å². The molecule has 0 atom stereocenters. The average molecular weight is 293 g/mol. The molecule has 1 fully saturated rings. The predicted octanol–water partition coefficient (Wildman–Crippen LogP) is 4.73. The van der Waals surface area contributed by atoms with Crippen molar-refractivity contribution in [2.24, 2.45) is 0 Å². The second kappa shape index (κ2) is 15.0. The van der Waals surface area contributed by atoms with Gasteiger partial charge in [-0.1, -0.05) is 64.2 Å². The molecule has 0 aromatic heterocycles. The molecule has 0 aliphatic carbocycles. The number of aromatic carboxylic acids is 1. The molecule has 120 valence electrons. The van der Waals surface area contributed by atoms with E-state index in [-0.39, 0.29) is 0 Å². The average Bonchev–Trinajstić information content (AvgIpc) is 2.56. The molecule has 2 rings (SSSR count). The highest BCUT2D eigenvalue weighted by atomic mass is 16.4. The molecule has 0 saturated carbocycles. The topological polar surface area (TPSA) is 49.3 Å². The molecule has 1 saturated heterocycles. The summed E-state index contributed by atoms with van der Waals surface area (Å²) < 4.78 is 0. The van der Waals surface area contributed by atoms with E-state index in [1.54, 1.807) is 30.3 Å². The molecule has 3 heteroatoms. The molecule has 1 heterocycles.